The quantitative estimate of drug-likeness (QED) is 0.673. The van der Waals surface area contributed by atoms with Gasteiger partial charge in [-0.1, -0.05) is 13.0 Å². The number of nitrogens with zero attached hydrogens (tertiary/aromatic N) is 1. The second-order valence-electron chi connectivity index (χ2n) is 3.19. The van der Waals surface area contributed by atoms with E-state index in [1.54, 1.807) is 0 Å². The molecular weight excluding hydrogens is 148 g/mol. The van der Waals surface area contributed by atoms with Crippen molar-refractivity contribution in [1.29, 1.82) is 0 Å². The molecule has 0 saturated heterocycles. The van der Waals surface area contributed by atoms with E-state index in [-0.39, 0.29) is 0 Å². The third-order valence-corrected chi connectivity index (χ3v) is 2.35. The summed E-state index contributed by atoms with van der Waals surface area (Å²) in [5, 5.41) is 3.33. The van der Waals surface area contributed by atoms with Crippen molar-refractivity contribution in [2.45, 2.75) is 26.3 Å². The summed E-state index contributed by atoms with van der Waals surface area (Å²) >= 11 is 0. The summed E-state index contributed by atoms with van der Waals surface area (Å²) in [6, 6.07) is 4.37. The molecule has 2 rings (SSSR count). The molecule has 2 heteroatoms. The fourth-order valence-corrected chi connectivity index (χ4v) is 1.58. The SMILES string of the molecule is CCc1ccc2c(n1)CNCC2. The predicted octanol–water partition coefficient (Wildman–Crippen LogP) is 1.29. The molecule has 1 aliphatic rings. The first-order valence-electron chi connectivity index (χ1n) is 4.58. The van der Waals surface area contributed by atoms with Crippen molar-refractivity contribution in [1.82, 2.24) is 10.3 Å². The number of hydrogen-bond acceptors (Lipinski definition) is 2. The molecule has 1 aliphatic heterocycles. The third kappa shape index (κ3) is 1.34. The van der Waals surface area contributed by atoms with Crippen LogP contribution in [0.25, 0.3) is 0 Å². The number of fused-ring (bicyclic) bond motifs is 1. The van der Waals surface area contributed by atoms with E-state index >= 15 is 0 Å². The van der Waals surface area contributed by atoms with Crippen LogP contribution in [0.1, 0.15) is 23.9 Å². The highest BCUT2D eigenvalue weighted by atomic mass is 14.9. The van der Waals surface area contributed by atoms with Crippen LogP contribution in [0.3, 0.4) is 0 Å². The molecular formula is C10H14N2. The Labute approximate surface area is 73.0 Å². The molecule has 0 amide bonds. The third-order valence-electron chi connectivity index (χ3n) is 2.35. The summed E-state index contributed by atoms with van der Waals surface area (Å²) in [6.07, 6.45) is 2.17. The molecule has 0 bridgehead atoms. The van der Waals surface area contributed by atoms with Gasteiger partial charge in [0.05, 0.1) is 5.69 Å². The Morgan fingerprint density at radius 1 is 1.50 bits per heavy atom. The standard InChI is InChI=1S/C10H14N2/c1-2-9-4-3-8-5-6-11-7-10(8)12-9/h3-4,11H,2,5-7H2,1H3. The molecule has 0 fully saturated rings. The van der Waals surface area contributed by atoms with Gasteiger partial charge in [0.1, 0.15) is 0 Å². The molecule has 2 nitrogen and oxygen atoms in total. The highest BCUT2D eigenvalue weighted by Crippen LogP contribution is 2.12. The summed E-state index contributed by atoms with van der Waals surface area (Å²) < 4.78 is 0. The van der Waals surface area contributed by atoms with Crippen molar-refractivity contribution < 1.29 is 0 Å². The fraction of sp³-hybridized carbons (Fsp3) is 0.500. The summed E-state index contributed by atoms with van der Waals surface area (Å²) in [6.45, 7) is 4.19. The van der Waals surface area contributed by atoms with Crippen LogP contribution < -0.4 is 5.32 Å². The van der Waals surface area contributed by atoms with E-state index < -0.39 is 0 Å². The van der Waals surface area contributed by atoms with Gasteiger partial charge in [0.2, 0.25) is 0 Å². The van der Waals surface area contributed by atoms with Crippen LogP contribution in [-0.2, 0) is 19.4 Å². The predicted molar refractivity (Wildman–Crippen MR) is 49.0 cm³/mol. The lowest BCUT2D eigenvalue weighted by molar-refractivity contribution is 0.624. The topological polar surface area (TPSA) is 24.9 Å². The zero-order valence-corrected chi connectivity index (χ0v) is 7.43. The van der Waals surface area contributed by atoms with Crippen molar-refractivity contribution in [2.75, 3.05) is 6.54 Å². The van der Waals surface area contributed by atoms with Gasteiger partial charge in [-0.25, -0.2) is 0 Å². The molecule has 2 heterocycles. The van der Waals surface area contributed by atoms with E-state index in [0.717, 1.165) is 25.9 Å². The Bertz CT molecular complexity index is 281. The summed E-state index contributed by atoms with van der Waals surface area (Å²) in [5.41, 5.74) is 3.88. The van der Waals surface area contributed by atoms with E-state index in [0.29, 0.717) is 0 Å². The van der Waals surface area contributed by atoms with Crippen LogP contribution in [-0.4, -0.2) is 11.5 Å². The van der Waals surface area contributed by atoms with Crippen LogP contribution in [0, 0.1) is 0 Å². The van der Waals surface area contributed by atoms with Crippen LogP contribution >= 0.6 is 0 Å². The Morgan fingerprint density at radius 3 is 3.25 bits per heavy atom. The summed E-state index contributed by atoms with van der Waals surface area (Å²) in [4.78, 5) is 4.57. The zero-order valence-electron chi connectivity index (χ0n) is 7.43. The molecule has 0 atom stereocenters. The summed E-state index contributed by atoms with van der Waals surface area (Å²) in [5.74, 6) is 0. The van der Waals surface area contributed by atoms with Crippen molar-refractivity contribution in [2.24, 2.45) is 0 Å². The zero-order chi connectivity index (χ0) is 8.39. The highest BCUT2D eigenvalue weighted by Gasteiger charge is 2.09. The maximum absolute atomic E-state index is 4.57. The molecule has 0 unspecified atom stereocenters. The number of aromatic nitrogens is 1. The molecule has 1 aromatic rings. The highest BCUT2D eigenvalue weighted by molar-refractivity contribution is 5.25. The van der Waals surface area contributed by atoms with Crippen LogP contribution in [0.15, 0.2) is 12.1 Å². The first kappa shape index (κ1) is 7.74. The number of pyridine rings is 1. The molecule has 1 aromatic heterocycles. The van der Waals surface area contributed by atoms with Crippen molar-refractivity contribution >= 4 is 0 Å². The minimum atomic E-state index is 0.948. The largest absolute Gasteiger partial charge is 0.311 e. The molecule has 64 valence electrons. The van der Waals surface area contributed by atoms with Gasteiger partial charge in [-0.3, -0.25) is 4.98 Å². The lowest BCUT2D eigenvalue weighted by Gasteiger charge is -2.16. The lowest BCUT2D eigenvalue weighted by Crippen LogP contribution is -2.24. The van der Waals surface area contributed by atoms with Crippen molar-refractivity contribution in [3.05, 3.63) is 29.1 Å². The molecule has 0 spiro atoms. The van der Waals surface area contributed by atoms with E-state index in [4.69, 9.17) is 0 Å². The Kier molecular flexibility index (Phi) is 2.09. The van der Waals surface area contributed by atoms with Gasteiger partial charge in [0.25, 0.3) is 0 Å². The first-order valence-corrected chi connectivity index (χ1v) is 4.58. The van der Waals surface area contributed by atoms with Gasteiger partial charge in [0.15, 0.2) is 0 Å². The van der Waals surface area contributed by atoms with Gasteiger partial charge in [-0.05, 0) is 31.0 Å². The van der Waals surface area contributed by atoms with Gasteiger partial charge in [0, 0.05) is 12.2 Å². The minimum absolute atomic E-state index is 0.948. The minimum Gasteiger partial charge on any atom is -0.311 e. The van der Waals surface area contributed by atoms with E-state index in [9.17, 15) is 0 Å². The fourth-order valence-electron chi connectivity index (χ4n) is 1.58. The molecule has 0 radical (unpaired) electrons. The van der Waals surface area contributed by atoms with Crippen LogP contribution in [0.5, 0.6) is 0 Å². The monoisotopic (exact) mass is 162 g/mol. The van der Waals surface area contributed by atoms with E-state index in [1.807, 2.05) is 0 Å². The van der Waals surface area contributed by atoms with Crippen LogP contribution in [0.4, 0.5) is 0 Å². The Morgan fingerprint density at radius 2 is 2.42 bits per heavy atom. The number of hydrogen-bond donors (Lipinski definition) is 1. The van der Waals surface area contributed by atoms with Crippen molar-refractivity contribution in [3.63, 3.8) is 0 Å². The molecule has 1 N–H and O–H groups in total. The smallest absolute Gasteiger partial charge is 0.0577 e. The average molecular weight is 162 g/mol. The molecule has 0 saturated carbocycles. The van der Waals surface area contributed by atoms with Gasteiger partial charge >= 0.3 is 0 Å². The molecule has 0 aromatic carbocycles. The number of rotatable bonds is 1. The van der Waals surface area contributed by atoms with Gasteiger partial charge < -0.3 is 5.32 Å². The Balaban J connectivity index is 2.36. The van der Waals surface area contributed by atoms with E-state index in [1.165, 1.54) is 17.0 Å². The molecule has 0 aliphatic carbocycles. The van der Waals surface area contributed by atoms with Crippen LogP contribution in [0.2, 0.25) is 0 Å². The lowest BCUT2D eigenvalue weighted by atomic mass is 10.1. The van der Waals surface area contributed by atoms with E-state index in [2.05, 4.69) is 29.4 Å². The second kappa shape index (κ2) is 3.23. The maximum atomic E-state index is 4.57. The molecule has 12 heavy (non-hydrogen) atoms. The van der Waals surface area contributed by atoms with Crippen molar-refractivity contribution in [3.8, 4) is 0 Å². The average Bonchev–Trinajstić information content (AvgIpc) is 2.17. The first-order chi connectivity index (χ1) is 5.90. The number of aryl methyl sites for hydroxylation is 1. The Hall–Kier alpha value is -0.890. The second-order valence-corrected chi connectivity index (χ2v) is 3.19. The summed E-state index contributed by atoms with van der Waals surface area (Å²) in [7, 11) is 0. The maximum Gasteiger partial charge on any atom is 0.0577 e. The normalized spacial score (nSPS) is 15.8. The van der Waals surface area contributed by atoms with Gasteiger partial charge in [-0.2, -0.15) is 0 Å². The number of nitrogens with one attached hydrogen (secondary N) is 1. The van der Waals surface area contributed by atoms with Gasteiger partial charge in [-0.15, -0.1) is 0 Å².